The van der Waals surface area contributed by atoms with Gasteiger partial charge in [0.1, 0.15) is 0 Å². The Hall–Kier alpha value is -2.30. The molecule has 1 saturated heterocycles. The summed E-state index contributed by atoms with van der Waals surface area (Å²) < 4.78 is 5.40. The average molecular weight is 325 g/mol. The fourth-order valence-corrected chi connectivity index (χ4v) is 3.98. The monoisotopic (exact) mass is 325 g/mol. The number of rotatable bonds is 2. The molecule has 2 aliphatic rings. The van der Waals surface area contributed by atoms with Crippen LogP contribution in [-0.4, -0.2) is 22.6 Å². The van der Waals surface area contributed by atoms with Crippen LogP contribution in [0.25, 0.3) is 0 Å². The number of nitrogens with zero attached hydrogens (tertiary/aromatic N) is 2. The summed E-state index contributed by atoms with van der Waals surface area (Å²) in [5.41, 5.74) is 3.49. The molecule has 5 heteroatoms. The second-order valence-electron chi connectivity index (χ2n) is 6.82. The van der Waals surface area contributed by atoms with Crippen LogP contribution in [0.1, 0.15) is 60.3 Å². The standard InChI is InChI=1S/C19H23N3O2/c1-13-12-18(24-21-13)17-10-5-11-22(17)19(23)20-16-9-4-7-14-6-2-3-8-15(14)16/h2-3,6,8,12,16-17H,4-5,7,9-11H2,1H3,(H,20,23)/t16-,17-/m0/s1. The molecule has 1 aromatic heterocycles. The van der Waals surface area contributed by atoms with Crippen molar-refractivity contribution in [3.63, 3.8) is 0 Å². The summed E-state index contributed by atoms with van der Waals surface area (Å²) in [6, 6.07) is 10.5. The zero-order chi connectivity index (χ0) is 16.5. The molecule has 2 amide bonds. The minimum Gasteiger partial charge on any atom is -0.359 e. The molecule has 24 heavy (non-hydrogen) atoms. The Kier molecular flexibility index (Phi) is 4.00. The first-order chi connectivity index (χ1) is 11.7. The van der Waals surface area contributed by atoms with Crippen LogP contribution in [0.3, 0.4) is 0 Å². The van der Waals surface area contributed by atoms with Gasteiger partial charge in [-0.2, -0.15) is 0 Å². The third-order valence-electron chi connectivity index (χ3n) is 5.16. The van der Waals surface area contributed by atoms with E-state index >= 15 is 0 Å². The van der Waals surface area contributed by atoms with Gasteiger partial charge in [0.25, 0.3) is 0 Å². The number of amides is 2. The fourth-order valence-electron chi connectivity index (χ4n) is 3.98. The molecule has 2 aromatic rings. The number of hydrogen-bond donors (Lipinski definition) is 1. The smallest absolute Gasteiger partial charge is 0.318 e. The minimum atomic E-state index is 0.00466. The lowest BCUT2D eigenvalue weighted by Gasteiger charge is -2.30. The van der Waals surface area contributed by atoms with Crippen LogP contribution in [-0.2, 0) is 6.42 Å². The Labute approximate surface area is 142 Å². The number of nitrogens with one attached hydrogen (secondary N) is 1. The van der Waals surface area contributed by atoms with E-state index in [0.29, 0.717) is 0 Å². The van der Waals surface area contributed by atoms with E-state index in [9.17, 15) is 4.79 Å². The molecule has 1 aliphatic carbocycles. The highest BCUT2D eigenvalue weighted by Gasteiger charge is 2.34. The second-order valence-corrected chi connectivity index (χ2v) is 6.82. The molecule has 126 valence electrons. The average Bonchev–Trinajstić information content (AvgIpc) is 3.24. The number of carbonyl (C=O) groups excluding carboxylic acids is 1. The van der Waals surface area contributed by atoms with Crippen LogP contribution >= 0.6 is 0 Å². The van der Waals surface area contributed by atoms with Gasteiger partial charge >= 0.3 is 6.03 Å². The topological polar surface area (TPSA) is 58.4 Å². The molecule has 5 nitrogen and oxygen atoms in total. The quantitative estimate of drug-likeness (QED) is 0.911. The molecule has 0 saturated carbocycles. The maximum absolute atomic E-state index is 12.9. The molecule has 2 atom stereocenters. The van der Waals surface area contributed by atoms with Crippen molar-refractivity contribution < 1.29 is 9.32 Å². The molecular formula is C19H23N3O2. The van der Waals surface area contributed by atoms with Gasteiger partial charge in [0.2, 0.25) is 0 Å². The molecule has 4 rings (SSSR count). The number of hydrogen-bond acceptors (Lipinski definition) is 3. The normalized spacial score (nSPS) is 23.1. The number of likely N-dealkylation sites (tertiary alicyclic amines) is 1. The summed E-state index contributed by atoms with van der Waals surface area (Å²) in [5.74, 6) is 0.796. The van der Waals surface area contributed by atoms with E-state index in [1.165, 1.54) is 11.1 Å². The molecule has 0 spiro atoms. The third-order valence-corrected chi connectivity index (χ3v) is 5.16. The highest BCUT2D eigenvalue weighted by molar-refractivity contribution is 5.75. The number of fused-ring (bicyclic) bond motifs is 1. The van der Waals surface area contributed by atoms with Crippen molar-refractivity contribution in [2.45, 2.75) is 51.1 Å². The van der Waals surface area contributed by atoms with E-state index in [1.54, 1.807) is 0 Å². The van der Waals surface area contributed by atoms with E-state index in [4.69, 9.17) is 4.52 Å². The van der Waals surface area contributed by atoms with E-state index < -0.39 is 0 Å². The van der Waals surface area contributed by atoms with E-state index in [0.717, 1.165) is 50.1 Å². The lowest BCUT2D eigenvalue weighted by Crippen LogP contribution is -2.42. The summed E-state index contributed by atoms with van der Waals surface area (Å²) in [7, 11) is 0. The predicted octanol–water partition coefficient (Wildman–Crippen LogP) is 3.91. The molecule has 1 fully saturated rings. The maximum Gasteiger partial charge on any atom is 0.318 e. The van der Waals surface area contributed by atoms with Gasteiger partial charge in [-0.1, -0.05) is 29.4 Å². The molecule has 0 unspecified atom stereocenters. The van der Waals surface area contributed by atoms with Crippen LogP contribution in [0, 0.1) is 6.92 Å². The SMILES string of the molecule is Cc1cc([C@@H]2CCCN2C(=O)N[C@H]2CCCc3ccccc32)on1. The van der Waals surface area contributed by atoms with Crippen molar-refractivity contribution >= 4 is 6.03 Å². The molecule has 0 radical (unpaired) electrons. The van der Waals surface area contributed by atoms with Gasteiger partial charge < -0.3 is 14.7 Å². The van der Waals surface area contributed by atoms with Crippen molar-refractivity contribution in [2.75, 3.05) is 6.54 Å². The lowest BCUT2D eigenvalue weighted by molar-refractivity contribution is 0.177. The first-order valence-electron chi connectivity index (χ1n) is 8.80. The van der Waals surface area contributed by atoms with Crippen LogP contribution < -0.4 is 5.32 Å². The van der Waals surface area contributed by atoms with E-state index in [2.05, 4.69) is 34.7 Å². The van der Waals surface area contributed by atoms with Gasteiger partial charge in [-0.15, -0.1) is 0 Å². The first kappa shape index (κ1) is 15.2. The number of aromatic nitrogens is 1. The Morgan fingerprint density at radius 2 is 2.17 bits per heavy atom. The number of aryl methyl sites for hydroxylation is 2. The Balaban J connectivity index is 1.50. The number of carbonyl (C=O) groups is 1. The highest BCUT2D eigenvalue weighted by atomic mass is 16.5. The van der Waals surface area contributed by atoms with Gasteiger partial charge in [-0.05, 0) is 50.2 Å². The lowest BCUT2D eigenvalue weighted by atomic mass is 9.88. The number of urea groups is 1. The molecule has 1 aromatic carbocycles. The summed E-state index contributed by atoms with van der Waals surface area (Å²) >= 11 is 0. The van der Waals surface area contributed by atoms with Crippen molar-refractivity contribution in [3.8, 4) is 0 Å². The van der Waals surface area contributed by atoms with Gasteiger partial charge in [0, 0.05) is 12.6 Å². The highest BCUT2D eigenvalue weighted by Crippen LogP contribution is 2.34. The summed E-state index contributed by atoms with van der Waals surface area (Å²) in [4.78, 5) is 14.8. The van der Waals surface area contributed by atoms with Crippen LogP contribution in [0.5, 0.6) is 0 Å². The predicted molar refractivity (Wildman–Crippen MR) is 90.6 cm³/mol. The maximum atomic E-state index is 12.9. The van der Waals surface area contributed by atoms with Crippen molar-refractivity contribution in [3.05, 3.63) is 52.9 Å². The van der Waals surface area contributed by atoms with Crippen LogP contribution in [0.15, 0.2) is 34.9 Å². The summed E-state index contributed by atoms with van der Waals surface area (Å²) in [5, 5.41) is 7.22. The van der Waals surface area contributed by atoms with Crippen molar-refractivity contribution in [2.24, 2.45) is 0 Å². The largest absolute Gasteiger partial charge is 0.359 e. The fraction of sp³-hybridized carbons (Fsp3) is 0.474. The van der Waals surface area contributed by atoms with E-state index in [-0.39, 0.29) is 18.1 Å². The van der Waals surface area contributed by atoms with Crippen LogP contribution in [0.2, 0.25) is 0 Å². The van der Waals surface area contributed by atoms with Gasteiger partial charge in [0.05, 0.1) is 17.8 Å². The Morgan fingerprint density at radius 3 is 3.00 bits per heavy atom. The van der Waals surface area contributed by atoms with Crippen LogP contribution in [0.4, 0.5) is 4.79 Å². The van der Waals surface area contributed by atoms with Crippen molar-refractivity contribution in [1.29, 1.82) is 0 Å². The molecule has 1 aliphatic heterocycles. The summed E-state index contributed by atoms with van der Waals surface area (Å²) in [6.07, 6.45) is 5.16. The van der Waals surface area contributed by atoms with Gasteiger partial charge in [0.15, 0.2) is 5.76 Å². The van der Waals surface area contributed by atoms with Crippen molar-refractivity contribution in [1.82, 2.24) is 15.4 Å². The third kappa shape index (κ3) is 2.79. The first-order valence-corrected chi connectivity index (χ1v) is 8.80. The zero-order valence-electron chi connectivity index (χ0n) is 14.0. The molecule has 2 heterocycles. The Morgan fingerprint density at radius 1 is 1.29 bits per heavy atom. The van der Waals surface area contributed by atoms with E-state index in [1.807, 2.05) is 17.9 Å². The molecule has 0 bridgehead atoms. The zero-order valence-corrected chi connectivity index (χ0v) is 14.0. The molecular weight excluding hydrogens is 302 g/mol. The molecule has 1 N–H and O–H groups in total. The number of benzene rings is 1. The van der Waals surface area contributed by atoms with Gasteiger partial charge in [-0.3, -0.25) is 0 Å². The Bertz CT molecular complexity index is 740. The second kappa shape index (κ2) is 6.30. The minimum absolute atomic E-state index is 0.00466. The summed E-state index contributed by atoms with van der Waals surface area (Å²) in [6.45, 7) is 2.68. The van der Waals surface area contributed by atoms with Gasteiger partial charge in [-0.25, -0.2) is 4.79 Å².